The molecule has 1 aliphatic carbocycles. The summed E-state index contributed by atoms with van der Waals surface area (Å²) in [5.74, 6) is -1.02. The van der Waals surface area contributed by atoms with Crippen molar-refractivity contribution in [2.75, 3.05) is 31.1 Å². The Kier molecular flexibility index (Phi) is 7.70. The summed E-state index contributed by atoms with van der Waals surface area (Å²) in [6, 6.07) is 7.05. The summed E-state index contributed by atoms with van der Waals surface area (Å²) < 4.78 is 12.9. The SMILES string of the molecule is O=C(O)[C@H]1CC[C@H](N2CCN(c3ccc(F)cc3)CC2)C1.S.S. The molecule has 1 N–H and O–H groups in total. The molecular weight excluding hydrogens is 335 g/mol. The maximum Gasteiger partial charge on any atom is 0.306 e. The largest absolute Gasteiger partial charge is 0.481 e. The first kappa shape index (κ1) is 20.1. The number of benzene rings is 1. The predicted octanol–water partition coefficient (Wildman–Crippen LogP) is 2.43. The molecule has 0 unspecified atom stereocenters. The molecular formula is C16H25FN2O2S2. The Morgan fingerprint density at radius 1 is 1.04 bits per heavy atom. The van der Waals surface area contributed by atoms with Gasteiger partial charge in [0.1, 0.15) is 5.82 Å². The van der Waals surface area contributed by atoms with Gasteiger partial charge >= 0.3 is 5.97 Å². The number of aliphatic carboxylic acids is 1. The topological polar surface area (TPSA) is 43.8 Å². The zero-order valence-corrected chi connectivity index (χ0v) is 15.0. The number of halogens is 1. The van der Waals surface area contributed by atoms with Gasteiger partial charge in [-0.05, 0) is 43.5 Å². The highest BCUT2D eigenvalue weighted by atomic mass is 32.1. The molecule has 2 aliphatic rings. The number of carboxylic acid groups (broad SMARTS) is 1. The Morgan fingerprint density at radius 3 is 2.17 bits per heavy atom. The van der Waals surface area contributed by atoms with E-state index in [1.807, 2.05) is 12.1 Å². The summed E-state index contributed by atoms with van der Waals surface area (Å²) >= 11 is 0. The molecule has 2 fully saturated rings. The van der Waals surface area contributed by atoms with Crippen molar-refractivity contribution in [3.8, 4) is 0 Å². The minimum atomic E-state index is -0.651. The van der Waals surface area contributed by atoms with Gasteiger partial charge < -0.3 is 10.0 Å². The lowest BCUT2D eigenvalue weighted by molar-refractivity contribution is -0.141. The van der Waals surface area contributed by atoms with Crippen LogP contribution in [0.25, 0.3) is 0 Å². The monoisotopic (exact) mass is 360 g/mol. The van der Waals surface area contributed by atoms with E-state index in [2.05, 4.69) is 9.80 Å². The average molecular weight is 361 g/mol. The molecule has 0 bridgehead atoms. The molecule has 0 radical (unpaired) electrons. The Labute approximate surface area is 150 Å². The van der Waals surface area contributed by atoms with Crippen LogP contribution in [-0.2, 0) is 4.79 Å². The normalized spacial score (nSPS) is 24.7. The smallest absolute Gasteiger partial charge is 0.306 e. The Morgan fingerprint density at radius 2 is 1.65 bits per heavy atom. The van der Waals surface area contributed by atoms with Gasteiger partial charge in [0, 0.05) is 37.9 Å². The van der Waals surface area contributed by atoms with Crippen LogP contribution in [0.15, 0.2) is 24.3 Å². The van der Waals surface area contributed by atoms with E-state index >= 15 is 0 Å². The van der Waals surface area contributed by atoms with E-state index in [1.54, 1.807) is 0 Å². The molecule has 1 aromatic rings. The number of rotatable bonds is 3. The molecule has 0 amide bonds. The fourth-order valence-electron chi connectivity index (χ4n) is 3.51. The summed E-state index contributed by atoms with van der Waals surface area (Å²) in [6.07, 6.45) is 2.58. The quantitative estimate of drug-likeness (QED) is 0.899. The highest BCUT2D eigenvalue weighted by Gasteiger charge is 2.34. The summed E-state index contributed by atoms with van der Waals surface area (Å²) in [5, 5.41) is 9.09. The summed E-state index contributed by atoms with van der Waals surface area (Å²) in [6.45, 7) is 3.74. The second-order valence-corrected chi connectivity index (χ2v) is 6.00. The molecule has 2 atom stereocenters. The van der Waals surface area contributed by atoms with Gasteiger partial charge in [0.25, 0.3) is 0 Å². The third-order valence-corrected chi connectivity index (χ3v) is 4.78. The first-order chi connectivity index (χ1) is 10.1. The van der Waals surface area contributed by atoms with Crippen molar-refractivity contribution >= 4 is 38.6 Å². The third kappa shape index (κ3) is 4.78. The molecule has 0 aromatic heterocycles. The fourth-order valence-corrected chi connectivity index (χ4v) is 3.51. The van der Waals surface area contributed by atoms with E-state index < -0.39 is 5.97 Å². The van der Waals surface area contributed by atoms with Gasteiger partial charge in [-0.3, -0.25) is 9.69 Å². The number of hydrogen-bond donors (Lipinski definition) is 1. The van der Waals surface area contributed by atoms with E-state index in [1.165, 1.54) is 12.1 Å². The van der Waals surface area contributed by atoms with Gasteiger partial charge in [-0.1, -0.05) is 0 Å². The van der Waals surface area contributed by atoms with Gasteiger partial charge in [-0.15, -0.1) is 0 Å². The zero-order valence-electron chi connectivity index (χ0n) is 13.0. The predicted molar refractivity (Wildman–Crippen MR) is 99.7 cm³/mol. The lowest BCUT2D eigenvalue weighted by Crippen LogP contribution is -2.49. The summed E-state index contributed by atoms with van der Waals surface area (Å²) in [4.78, 5) is 15.7. The maximum atomic E-state index is 12.9. The van der Waals surface area contributed by atoms with Crippen molar-refractivity contribution in [2.24, 2.45) is 5.92 Å². The second kappa shape index (κ2) is 8.80. The van der Waals surface area contributed by atoms with Crippen molar-refractivity contribution in [3.63, 3.8) is 0 Å². The van der Waals surface area contributed by atoms with Gasteiger partial charge in [0.2, 0.25) is 0 Å². The van der Waals surface area contributed by atoms with E-state index in [0.29, 0.717) is 6.04 Å². The number of nitrogens with zero attached hydrogens (tertiary/aromatic N) is 2. The number of carboxylic acids is 1. The lowest BCUT2D eigenvalue weighted by atomic mass is 10.1. The van der Waals surface area contributed by atoms with Crippen LogP contribution in [0.4, 0.5) is 10.1 Å². The van der Waals surface area contributed by atoms with Crippen molar-refractivity contribution in [1.82, 2.24) is 4.90 Å². The van der Waals surface area contributed by atoms with Crippen LogP contribution in [0, 0.1) is 11.7 Å². The third-order valence-electron chi connectivity index (χ3n) is 4.78. The van der Waals surface area contributed by atoms with Gasteiger partial charge in [0.15, 0.2) is 0 Å². The molecule has 4 nitrogen and oxygen atoms in total. The van der Waals surface area contributed by atoms with Gasteiger partial charge in [-0.25, -0.2) is 4.39 Å². The molecule has 23 heavy (non-hydrogen) atoms. The van der Waals surface area contributed by atoms with Crippen LogP contribution in [0.2, 0.25) is 0 Å². The van der Waals surface area contributed by atoms with E-state index in [-0.39, 0.29) is 38.7 Å². The molecule has 3 rings (SSSR count). The number of anilines is 1. The molecule has 130 valence electrons. The molecule has 1 saturated carbocycles. The molecule has 1 heterocycles. The van der Waals surface area contributed by atoms with E-state index in [4.69, 9.17) is 5.11 Å². The van der Waals surface area contributed by atoms with Crippen LogP contribution >= 0.6 is 27.0 Å². The number of piperazine rings is 1. The number of hydrogen-bond acceptors (Lipinski definition) is 3. The minimum Gasteiger partial charge on any atom is -0.481 e. The van der Waals surface area contributed by atoms with Crippen LogP contribution in [0.5, 0.6) is 0 Å². The molecule has 1 saturated heterocycles. The highest BCUT2D eigenvalue weighted by molar-refractivity contribution is 7.59. The first-order valence-corrected chi connectivity index (χ1v) is 7.61. The Hall–Kier alpha value is -0.920. The highest BCUT2D eigenvalue weighted by Crippen LogP contribution is 2.30. The summed E-state index contributed by atoms with van der Waals surface area (Å²) in [7, 11) is 0. The Bertz CT molecular complexity index is 507. The van der Waals surface area contributed by atoms with Crippen LogP contribution in [0.1, 0.15) is 19.3 Å². The van der Waals surface area contributed by atoms with Crippen molar-refractivity contribution < 1.29 is 14.3 Å². The summed E-state index contributed by atoms with van der Waals surface area (Å²) in [5.41, 5.74) is 1.06. The van der Waals surface area contributed by atoms with Crippen LogP contribution < -0.4 is 4.90 Å². The second-order valence-electron chi connectivity index (χ2n) is 6.00. The molecule has 7 heteroatoms. The van der Waals surface area contributed by atoms with E-state index in [0.717, 1.165) is 51.1 Å². The Balaban J connectivity index is 0.00000132. The average Bonchev–Trinajstić information content (AvgIpc) is 2.98. The number of carbonyl (C=O) groups is 1. The minimum absolute atomic E-state index is 0. The molecule has 1 aliphatic heterocycles. The fraction of sp³-hybridized carbons (Fsp3) is 0.562. The van der Waals surface area contributed by atoms with Gasteiger partial charge in [0.05, 0.1) is 5.92 Å². The van der Waals surface area contributed by atoms with Gasteiger partial charge in [-0.2, -0.15) is 27.0 Å². The molecule has 0 spiro atoms. The van der Waals surface area contributed by atoms with E-state index in [9.17, 15) is 9.18 Å². The van der Waals surface area contributed by atoms with Crippen LogP contribution in [-0.4, -0.2) is 48.2 Å². The maximum absolute atomic E-state index is 12.9. The first-order valence-electron chi connectivity index (χ1n) is 7.61. The zero-order chi connectivity index (χ0) is 14.8. The van der Waals surface area contributed by atoms with Crippen LogP contribution in [0.3, 0.4) is 0 Å². The standard InChI is InChI=1S/C16H21FN2O2.2H2S/c17-13-2-5-14(6-3-13)18-7-9-19(10-8-18)15-4-1-12(11-15)16(20)21;;/h2-3,5-6,12,15H,1,4,7-11H2,(H,20,21);2*1H2/t12-,15-;;/m0../s1. The van der Waals surface area contributed by atoms with Crippen molar-refractivity contribution in [2.45, 2.75) is 25.3 Å². The van der Waals surface area contributed by atoms with Crippen molar-refractivity contribution in [3.05, 3.63) is 30.1 Å². The lowest BCUT2D eigenvalue weighted by Gasteiger charge is -2.39. The molecule has 1 aromatic carbocycles. The van der Waals surface area contributed by atoms with Crippen molar-refractivity contribution in [1.29, 1.82) is 0 Å².